The van der Waals surface area contributed by atoms with E-state index in [4.69, 9.17) is 4.74 Å². The monoisotopic (exact) mass is 409 g/mol. The van der Waals surface area contributed by atoms with Crippen molar-refractivity contribution in [1.82, 2.24) is 15.2 Å². The van der Waals surface area contributed by atoms with Gasteiger partial charge in [0.05, 0.1) is 19.3 Å². The Morgan fingerprint density at radius 1 is 1.28 bits per heavy atom. The van der Waals surface area contributed by atoms with Crippen molar-refractivity contribution < 1.29 is 28.2 Å². The molecule has 0 spiro atoms. The van der Waals surface area contributed by atoms with Crippen LogP contribution in [0.5, 0.6) is 5.88 Å². The summed E-state index contributed by atoms with van der Waals surface area (Å²) in [5.74, 6) is -3.24. The molecule has 3 aliphatic rings. The van der Waals surface area contributed by atoms with Gasteiger partial charge in [-0.1, -0.05) is 0 Å². The largest absolute Gasteiger partial charge is 0.481 e. The molecule has 9 heteroatoms. The molecule has 2 amide bonds. The van der Waals surface area contributed by atoms with E-state index in [-0.39, 0.29) is 36.5 Å². The first-order valence-electron chi connectivity index (χ1n) is 9.91. The van der Waals surface area contributed by atoms with Gasteiger partial charge in [-0.05, 0) is 30.7 Å². The van der Waals surface area contributed by atoms with E-state index in [1.807, 2.05) is 0 Å². The molecule has 2 saturated carbocycles. The molecule has 4 atom stereocenters. The third-order valence-corrected chi connectivity index (χ3v) is 6.42. The second-order valence-corrected chi connectivity index (χ2v) is 8.43. The highest BCUT2D eigenvalue weighted by molar-refractivity contribution is 5.94. The van der Waals surface area contributed by atoms with Crippen LogP contribution >= 0.6 is 0 Å². The summed E-state index contributed by atoms with van der Waals surface area (Å²) in [6, 6.07) is 2.67. The summed E-state index contributed by atoms with van der Waals surface area (Å²) in [6.45, 7) is 0.985. The zero-order valence-corrected chi connectivity index (χ0v) is 16.2. The van der Waals surface area contributed by atoms with Crippen molar-refractivity contribution in [2.24, 2.45) is 17.8 Å². The second kappa shape index (κ2) is 7.51. The van der Waals surface area contributed by atoms with Crippen molar-refractivity contribution in [2.75, 3.05) is 20.2 Å². The first kappa shape index (κ1) is 20.0. The van der Waals surface area contributed by atoms with Crippen LogP contribution in [0.2, 0.25) is 0 Å². The average Bonchev–Trinajstić information content (AvgIpc) is 3.08. The second-order valence-electron chi connectivity index (χ2n) is 8.43. The van der Waals surface area contributed by atoms with E-state index in [1.165, 1.54) is 19.4 Å². The van der Waals surface area contributed by atoms with Gasteiger partial charge in [-0.2, -0.15) is 0 Å². The summed E-state index contributed by atoms with van der Waals surface area (Å²) in [5, 5.41) is 13.4. The molecule has 4 rings (SSSR count). The van der Waals surface area contributed by atoms with Gasteiger partial charge in [-0.15, -0.1) is 0 Å². The number of likely N-dealkylation sites (tertiary alicyclic amines) is 1. The summed E-state index contributed by atoms with van der Waals surface area (Å²) in [4.78, 5) is 30.7. The van der Waals surface area contributed by atoms with Crippen molar-refractivity contribution in [1.29, 1.82) is 0 Å². The molecule has 1 saturated heterocycles. The van der Waals surface area contributed by atoms with Gasteiger partial charge in [0, 0.05) is 49.7 Å². The first-order valence-corrected chi connectivity index (χ1v) is 9.91. The summed E-state index contributed by atoms with van der Waals surface area (Å²) >= 11 is 0. The van der Waals surface area contributed by atoms with E-state index in [0.717, 1.165) is 0 Å². The number of nitrogens with one attached hydrogen (secondary N) is 1. The number of hydrogen-bond acceptors (Lipinski definition) is 5. The van der Waals surface area contributed by atoms with E-state index in [9.17, 15) is 23.5 Å². The molecular formula is C20H25F2N3O4. The lowest BCUT2D eigenvalue weighted by Crippen LogP contribution is -2.49. The molecule has 1 aromatic heterocycles. The predicted molar refractivity (Wildman–Crippen MR) is 98.5 cm³/mol. The number of aliphatic hydroxyl groups is 1. The molecule has 29 heavy (non-hydrogen) atoms. The molecule has 0 bridgehead atoms. The van der Waals surface area contributed by atoms with Gasteiger partial charge in [0.2, 0.25) is 17.7 Å². The molecule has 7 nitrogen and oxygen atoms in total. The van der Waals surface area contributed by atoms with Gasteiger partial charge in [0.25, 0.3) is 5.91 Å². The Balaban J connectivity index is 1.35. The van der Waals surface area contributed by atoms with Gasteiger partial charge in [0.1, 0.15) is 0 Å². The maximum absolute atomic E-state index is 13.1. The molecule has 158 valence electrons. The molecule has 0 radical (unpaired) electrons. The number of fused-ring (bicyclic) bond motifs is 1. The van der Waals surface area contributed by atoms with Crippen LogP contribution in [0, 0.1) is 17.8 Å². The van der Waals surface area contributed by atoms with Crippen LogP contribution in [-0.2, 0) is 4.79 Å². The van der Waals surface area contributed by atoms with Crippen molar-refractivity contribution in [3.05, 3.63) is 23.9 Å². The lowest BCUT2D eigenvalue weighted by molar-refractivity contribution is -0.159. The Kier molecular flexibility index (Phi) is 5.18. The Bertz CT molecular complexity index is 798. The van der Waals surface area contributed by atoms with E-state index in [2.05, 4.69) is 10.3 Å². The highest BCUT2D eigenvalue weighted by Crippen LogP contribution is 2.45. The van der Waals surface area contributed by atoms with Crippen molar-refractivity contribution >= 4 is 11.8 Å². The minimum Gasteiger partial charge on any atom is -0.481 e. The fourth-order valence-electron chi connectivity index (χ4n) is 4.77. The van der Waals surface area contributed by atoms with Crippen LogP contribution in [-0.4, -0.2) is 65.1 Å². The Morgan fingerprint density at radius 2 is 1.97 bits per heavy atom. The molecule has 3 fully saturated rings. The topological polar surface area (TPSA) is 91.8 Å². The molecule has 2 N–H and O–H groups in total. The summed E-state index contributed by atoms with van der Waals surface area (Å²) < 4.78 is 31.2. The fourth-order valence-corrected chi connectivity index (χ4v) is 4.77. The van der Waals surface area contributed by atoms with Gasteiger partial charge in [-0.25, -0.2) is 13.8 Å². The number of halogens is 2. The molecule has 0 unspecified atom stereocenters. The molecule has 1 aromatic rings. The number of aromatic nitrogens is 1. The lowest BCUT2D eigenvalue weighted by Gasteiger charge is -2.36. The molecule has 0 aromatic carbocycles. The molecule has 2 aliphatic carbocycles. The minimum atomic E-state index is -2.71. The Morgan fingerprint density at radius 3 is 2.62 bits per heavy atom. The highest BCUT2D eigenvalue weighted by atomic mass is 19.3. The quantitative estimate of drug-likeness (QED) is 0.786. The average molecular weight is 409 g/mol. The summed E-state index contributed by atoms with van der Waals surface area (Å²) in [6.07, 6.45) is 1.05. The number of hydrogen-bond donors (Lipinski definition) is 2. The Labute approximate surface area is 167 Å². The zero-order valence-electron chi connectivity index (χ0n) is 16.2. The van der Waals surface area contributed by atoms with Gasteiger partial charge < -0.3 is 20.1 Å². The SMILES string of the molecule is COc1cc(C(=O)N[C@H]2C[C@H]3CN(C(=O)C4CC(F)(F)C4)C[C@H]3C[C@@H]2O)ccn1. The number of ether oxygens (including phenoxy) is 1. The number of rotatable bonds is 4. The molecular weight excluding hydrogens is 384 g/mol. The van der Waals surface area contributed by atoms with Gasteiger partial charge in [0.15, 0.2) is 0 Å². The maximum Gasteiger partial charge on any atom is 0.251 e. The standard InChI is InChI=1S/C20H25F2N3O4/c1-29-17-6-11(2-3-23-17)18(27)24-15-4-12-9-25(10-13(12)5-16(15)26)19(28)14-7-20(21,22)8-14/h2-3,6,12-16,26H,4-5,7-10H2,1H3,(H,24,27)/t12-,13+,15-,16-/m0/s1. The van der Waals surface area contributed by atoms with Crippen LogP contribution in [0.1, 0.15) is 36.0 Å². The molecule has 1 aliphatic heterocycles. The fraction of sp³-hybridized carbons (Fsp3) is 0.650. The van der Waals surface area contributed by atoms with E-state index >= 15 is 0 Å². The first-order chi connectivity index (χ1) is 13.8. The number of methoxy groups -OCH3 is 1. The van der Waals surface area contributed by atoms with Crippen LogP contribution in [0.25, 0.3) is 0 Å². The number of nitrogens with zero attached hydrogens (tertiary/aromatic N) is 2. The summed E-state index contributed by atoms with van der Waals surface area (Å²) in [5.41, 5.74) is 0.389. The van der Waals surface area contributed by atoms with Crippen LogP contribution in [0.4, 0.5) is 8.78 Å². The van der Waals surface area contributed by atoms with Gasteiger partial charge >= 0.3 is 0 Å². The van der Waals surface area contributed by atoms with Crippen LogP contribution < -0.4 is 10.1 Å². The smallest absolute Gasteiger partial charge is 0.251 e. The third kappa shape index (κ3) is 4.05. The third-order valence-electron chi connectivity index (χ3n) is 6.42. The van der Waals surface area contributed by atoms with E-state index < -0.39 is 24.0 Å². The maximum atomic E-state index is 13.1. The van der Waals surface area contributed by atoms with Gasteiger partial charge in [-0.3, -0.25) is 9.59 Å². The number of alkyl halides is 2. The normalized spacial score (nSPS) is 31.0. The number of carbonyl (C=O) groups excluding carboxylic acids is 2. The number of amides is 2. The van der Waals surface area contributed by atoms with Crippen LogP contribution in [0.3, 0.4) is 0 Å². The zero-order chi connectivity index (χ0) is 20.8. The number of aliphatic hydroxyl groups excluding tert-OH is 1. The van der Waals surface area contributed by atoms with Crippen molar-refractivity contribution in [3.8, 4) is 5.88 Å². The van der Waals surface area contributed by atoms with Crippen molar-refractivity contribution in [2.45, 2.75) is 43.8 Å². The van der Waals surface area contributed by atoms with E-state index in [0.29, 0.717) is 37.4 Å². The minimum absolute atomic E-state index is 0.128. The number of pyridine rings is 1. The molecule has 2 heterocycles. The van der Waals surface area contributed by atoms with E-state index in [1.54, 1.807) is 11.0 Å². The number of carbonyl (C=O) groups is 2. The predicted octanol–water partition coefficient (Wildman–Crippen LogP) is 1.46. The lowest BCUT2D eigenvalue weighted by atomic mass is 9.77. The Hall–Kier alpha value is -2.29. The van der Waals surface area contributed by atoms with Crippen molar-refractivity contribution in [3.63, 3.8) is 0 Å². The van der Waals surface area contributed by atoms with Crippen LogP contribution in [0.15, 0.2) is 18.3 Å². The summed E-state index contributed by atoms with van der Waals surface area (Å²) in [7, 11) is 1.47. The highest BCUT2D eigenvalue weighted by Gasteiger charge is 2.52.